The number of hydrogen-bond acceptors (Lipinski definition) is 7. The number of anilines is 3. The molecule has 1 aliphatic heterocycles. The van der Waals surface area contributed by atoms with Crippen molar-refractivity contribution < 1.29 is 9.18 Å². The molecule has 162 valence electrons. The van der Waals surface area contributed by atoms with Crippen LogP contribution in [0.1, 0.15) is 36.4 Å². The van der Waals surface area contributed by atoms with Gasteiger partial charge in [0.2, 0.25) is 11.0 Å². The van der Waals surface area contributed by atoms with Crippen molar-refractivity contribution in [3.63, 3.8) is 0 Å². The van der Waals surface area contributed by atoms with Crippen molar-refractivity contribution in [2.75, 3.05) is 30.3 Å². The van der Waals surface area contributed by atoms with Gasteiger partial charge in [-0.25, -0.2) is 9.37 Å². The summed E-state index contributed by atoms with van der Waals surface area (Å²) in [5.74, 6) is 0.592. The van der Waals surface area contributed by atoms with Gasteiger partial charge in [-0.2, -0.15) is 0 Å². The minimum Gasteiger partial charge on any atom is -0.325 e. The van der Waals surface area contributed by atoms with Gasteiger partial charge in [0, 0.05) is 23.8 Å². The van der Waals surface area contributed by atoms with Gasteiger partial charge in [-0.15, -0.1) is 10.2 Å². The normalized spacial score (nSPS) is 16.8. The smallest absolute Gasteiger partial charge is 0.238 e. The Labute approximate surface area is 184 Å². The van der Waals surface area contributed by atoms with Crippen molar-refractivity contribution in [3.05, 3.63) is 59.0 Å². The molecule has 3 aromatic rings. The summed E-state index contributed by atoms with van der Waals surface area (Å²) in [6.07, 6.45) is 2.90. The van der Waals surface area contributed by atoms with E-state index in [1.165, 1.54) is 23.5 Å². The number of nitrogens with one attached hydrogen (secondary N) is 2. The molecule has 0 unspecified atom stereocenters. The van der Waals surface area contributed by atoms with E-state index in [2.05, 4.69) is 32.7 Å². The number of amides is 1. The van der Waals surface area contributed by atoms with E-state index < -0.39 is 0 Å². The first-order chi connectivity index (χ1) is 15.1. The van der Waals surface area contributed by atoms with E-state index in [4.69, 9.17) is 4.98 Å². The van der Waals surface area contributed by atoms with E-state index >= 15 is 0 Å². The number of benzene rings is 1. The Morgan fingerprint density at radius 2 is 2.06 bits per heavy atom. The maximum Gasteiger partial charge on any atom is 0.238 e. The van der Waals surface area contributed by atoms with Gasteiger partial charge in [0.15, 0.2) is 0 Å². The van der Waals surface area contributed by atoms with Crippen LogP contribution >= 0.6 is 11.3 Å². The zero-order chi connectivity index (χ0) is 21.6. The van der Waals surface area contributed by atoms with Crippen LogP contribution in [0.25, 0.3) is 0 Å². The lowest BCUT2D eigenvalue weighted by atomic mass is 9.94. The predicted octanol–water partition coefficient (Wildman–Crippen LogP) is 4.20. The molecule has 1 amide bonds. The second-order valence-corrected chi connectivity index (χ2v) is 8.62. The highest BCUT2D eigenvalue weighted by molar-refractivity contribution is 7.15. The number of carbonyl (C=O) groups is 1. The molecular weight excluding hydrogens is 415 g/mol. The summed E-state index contributed by atoms with van der Waals surface area (Å²) < 4.78 is 13.0. The van der Waals surface area contributed by atoms with E-state index in [-0.39, 0.29) is 17.6 Å². The zero-order valence-corrected chi connectivity index (χ0v) is 18.2. The first-order valence-electron chi connectivity index (χ1n) is 10.4. The summed E-state index contributed by atoms with van der Waals surface area (Å²) in [5.41, 5.74) is 1.61. The Balaban J connectivity index is 1.35. The van der Waals surface area contributed by atoms with Crippen LogP contribution in [0.15, 0.2) is 42.5 Å². The molecule has 2 aromatic heterocycles. The largest absolute Gasteiger partial charge is 0.325 e. The Hall–Kier alpha value is -2.91. The van der Waals surface area contributed by atoms with E-state index in [0.717, 1.165) is 54.0 Å². The number of aryl methyl sites for hydroxylation is 1. The van der Waals surface area contributed by atoms with Crippen LogP contribution in [-0.2, 0) is 11.2 Å². The minimum absolute atomic E-state index is 0.0985. The molecule has 1 atom stereocenters. The van der Waals surface area contributed by atoms with Gasteiger partial charge in [0.05, 0.1) is 6.54 Å². The maximum atomic E-state index is 13.0. The molecule has 0 aliphatic carbocycles. The number of rotatable bonds is 7. The Morgan fingerprint density at radius 1 is 1.23 bits per heavy atom. The van der Waals surface area contributed by atoms with Gasteiger partial charge < -0.3 is 10.6 Å². The van der Waals surface area contributed by atoms with Crippen LogP contribution in [0, 0.1) is 5.82 Å². The van der Waals surface area contributed by atoms with Crippen LogP contribution in [-0.4, -0.2) is 45.6 Å². The number of carbonyl (C=O) groups excluding carboxylic acids is 1. The highest BCUT2D eigenvalue weighted by Crippen LogP contribution is 2.27. The fourth-order valence-corrected chi connectivity index (χ4v) is 4.37. The monoisotopic (exact) mass is 440 g/mol. The van der Waals surface area contributed by atoms with Gasteiger partial charge in [-0.05, 0) is 62.2 Å². The van der Waals surface area contributed by atoms with Gasteiger partial charge in [0.25, 0.3) is 0 Å². The topological polar surface area (TPSA) is 83.0 Å². The lowest BCUT2D eigenvalue weighted by Crippen LogP contribution is -2.40. The van der Waals surface area contributed by atoms with Crippen molar-refractivity contribution in [2.45, 2.75) is 32.1 Å². The third kappa shape index (κ3) is 5.83. The van der Waals surface area contributed by atoms with Crippen molar-refractivity contribution in [1.82, 2.24) is 20.1 Å². The fraction of sp³-hybridized carbons (Fsp3) is 0.364. The van der Waals surface area contributed by atoms with Crippen LogP contribution in [0.5, 0.6) is 0 Å². The van der Waals surface area contributed by atoms with Gasteiger partial charge in [-0.3, -0.25) is 9.69 Å². The SMILES string of the molecule is CCc1nnc(Nc2cccc([C@@H]3CCCN(CC(=O)Nc4ccc(F)cc4)C3)n2)s1. The van der Waals surface area contributed by atoms with Crippen molar-refractivity contribution in [3.8, 4) is 0 Å². The highest BCUT2D eigenvalue weighted by Gasteiger charge is 2.24. The van der Waals surface area contributed by atoms with E-state index in [9.17, 15) is 9.18 Å². The molecule has 4 rings (SSSR count). The molecule has 1 aromatic carbocycles. The lowest BCUT2D eigenvalue weighted by molar-refractivity contribution is -0.117. The summed E-state index contributed by atoms with van der Waals surface area (Å²) in [4.78, 5) is 19.3. The summed E-state index contributed by atoms with van der Waals surface area (Å²) >= 11 is 1.53. The number of piperidine rings is 1. The second kappa shape index (κ2) is 9.93. The molecule has 2 N–H and O–H groups in total. The van der Waals surface area contributed by atoms with E-state index in [1.807, 2.05) is 18.2 Å². The predicted molar refractivity (Wildman–Crippen MR) is 120 cm³/mol. The molecule has 1 fully saturated rings. The first-order valence-corrected chi connectivity index (χ1v) is 11.2. The number of pyridine rings is 1. The van der Waals surface area contributed by atoms with Gasteiger partial charge in [-0.1, -0.05) is 24.3 Å². The van der Waals surface area contributed by atoms with Crippen LogP contribution in [0.3, 0.4) is 0 Å². The van der Waals surface area contributed by atoms with E-state index in [1.54, 1.807) is 12.1 Å². The standard InChI is InChI=1S/C22H25FN6OS/c1-2-21-27-28-22(31-21)26-19-7-3-6-18(25-19)15-5-4-12-29(13-15)14-20(30)24-17-10-8-16(23)9-11-17/h3,6-11,15H,2,4-5,12-14H2,1H3,(H,24,30)(H,25,26,28)/t15-/m1/s1. The average Bonchev–Trinajstić information content (AvgIpc) is 3.23. The molecule has 9 heteroatoms. The molecule has 0 bridgehead atoms. The van der Waals surface area contributed by atoms with Crippen molar-refractivity contribution in [1.29, 1.82) is 0 Å². The number of nitrogens with zero attached hydrogens (tertiary/aromatic N) is 4. The molecule has 1 aliphatic rings. The molecule has 3 heterocycles. The molecule has 0 radical (unpaired) electrons. The van der Waals surface area contributed by atoms with Crippen LogP contribution < -0.4 is 10.6 Å². The zero-order valence-electron chi connectivity index (χ0n) is 17.3. The average molecular weight is 441 g/mol. The van der Waals surface area contributed by atoms with Crippen LogP contribution in [0.2, 0.25) is 0 Å². The Kier molecular flexibility index (Phi) is 6.83. The molecule has 31 heavy (non-hydrogen) atoms. The molecule has 7 nitrogen and oxygen atoms in total. The third-order valence-electron chi connectivity index (χ3n) is 5.19. The quantitative estimate of drug-likeness (QED) is 0.573. The van der Waals surface area contributed by atoms with Gasteiger partial charge >= 0.3 is 0 Å². The highest BCUT2D eigenvalue weighted by atomic mass is 32.1. The lowest BCUT2D eigenvalue weighted by Gasteiger charge is -2.32. The number of hydrogen-bond donors (Lipinski definition) is 2. The fourth-order valence-electron chi connectivity index (χ4n) is 3.68. The summed E-state index contributed by atoms with van der Waals surface area (Å²) in [6.45, 7) is 4.00. The van der Waals surface area contributed by atoms with Gasteiger partial charge in [0.1, 0.15) is 16.6 Å². The molecular formula is C22H25FN6OS. The number of halogens is 1. The minimum atomic E-state index is -0.321. The van der Waals surface area contributed by atoms with Crippen molar-refractivity contribution >= 4 is 33.9 Å². The number of aromatic nitrogens is 3. The second-order valence-electron chi connectivity index (χ2n) is 7.56. The molecule has 0 spiro atoms. The molecule has 1 saturated heterocycles. The Morgan fingerprint density at radius 3 is 2.84 bits per heavy atom. The van der Waals surface area contributed by atoms with E-state index in [0.29, 0.717) is 12.2 Å². The first kappa shape index (κ1) is 21.3. The van der Waals surface area contributed by atoms with Crippen molar-refractivity contribution in [2.24, 2.45) is 0 Å². The Bertz CT molecular complexity index is 1020. The molecule has 0 saturated carbocycles. The summed E-state index contributed by atoms with van der Waals surface area (Å²) in [5, 5.41) is 16.1. The number of likely N-dealkylation sites (tertiary alicyclic amines) is 1. The van der Waals surface area contributed by atoms with Crippen LogP contribution in [0.4, 0.5) is 21.0 Å². The third-order valence-corrected chi connectivity index (χ3v) is 6.18. The maximum absolute atomic E-state index is 13.0. The summed E-state index contributed by atoms with van der Waals surface area (Å²) in [6, 6.07) is 11.8. The summed E-state index contributed by atoms with van der Waals surface area (Å²) in [7, 11) is 0.